The molecule has 0 saturated heterocycles. The number of halogens is 2. The first-order valence-electron chi connectivity index (χ1n) is 6.97. The molecule has 2 rings (SSSR count). The maximum Gasteiger partial charge on any atom is 0.291 e. The van der Waals surface area contributed by atoms with Gasteiger partial charge >= 0.3 is 0 Å². The van der Waals surface area contributed by atoms with Crippen LogP contribution in [0.5, 0.6) is 0 Å². The van der Waals surface area contributed by atoms with Crippen LogP contribution in [0.15, 0.2) is 40.2 Å². The Balaban J connectivity index is 2.28. The quantitative estimate of drug-likeness (QED) is 0.777. The summed E-state index contributed by atoms with van der Waals surface area (Å²) in [6.45, 7) is 2.11. The molecule has 1 aromatic heterocycles. The summed E-state index contributed by atoms with van der Waals surface area (Å²) < 4.78 is 28.0. The van der Waals surface area contributed by atoms with Gasteiger partial charge in [0.2, 0.25) is 10.0 Å². The monoisotopic (exact) mass is 390 g/mol. The highest BCUT2D eigenvalue weighted by molar-refractivity contribution is 7.89. The lowest BCUT2D eigenvalue weighted by molar-refractivity contribution is 0.554. The molecule has 0 saturated carbocycles. The first-order valence-corrected chi connectivity index (χ1v) is 9.21. The van der Waals surface area contributed by atoms with E-state index in [9.17, 15) is 13.2 Å². The van der Waals surface area contributed by atoms with Crippen molar-refractivity contribution in [2.24, 2.45) is 0 Å². The highest BCUT2D eigenvalue weighted by Gasteiger charge is 2.15. The van der Waals surface area contributed by atoms with Gasteiger partial charge in [0, 0.05) is 12.6 Å². The van der Waals surface area contributed by atoms with E-state index >= 15 is 0 Å². The Kier molecular flexibility index (Phi) is 6.00. The van der Waals surface area contributed by atoms with Crippen LogP contribution in [-0.4, -0.2) is 37.8 Å². The van der Waals surface area contributed by atoms with Crippen LogP contribution >= 0.6 is 23.2 Å². The first kappa shape index (κ1) is 18.9. The average Bonchev–Trinajstić information content (AvgIpc) is 2.58. The van der Waals surface area contributed by atoms with Crippen molar-refractivity contribution in [2.45, 2.75) is 17.9 Å². The third kappa shape index (κ3) is 4.14. The summed E-state index contributed by atoms with van der Waals surface area (Å²) in [6, 6.07) is 5.71. The molecule has 1 heterocycles. The van der Waals surface area contributed by atoms with Crippen LogP contribution in [0.3, 0.4) is 0 Å². The van der Waals surface area contributed by atoms with E-state index in [-0.39, 0.29) is 27.5 Å². The number of likely N-dealkylation sites (N-methyl/N-ethyl adjacent to an activating group) is 1. The number of hydrogen-bond donors (Lipinski definition) is 2. The molecule has 1 atom stereocenters. The van der Waals surface area contributed by atoms with Gasteiger partial charge in [0.1, 0.15) is 5.02 Å². The van der Waals surface area contributed by atoms with Gasteiger partial charge in [-0.1, -0.05) is 23.2 Å². The molecule has 1 unspecified atom stereocenters. The second kappa shape index (κ2) is 7.62. The largest absolute Gasteiger partial charge is 0.316 e. The average molecular weight is 391 g/mol. The standard InChI is InChI=1S/C14H16Cl2N4O3S/c1-9(17-2)7-19-24(22,23)11-5-3-10(4-6-11)20-14(21)13(16)12(15)8-18-20/h3-6,8-9,17,19H,7H2,1-2H3. The third-order valence-corrected chi connectivity index (χ3v) is 5.53. The highest BCUT2D eigenvalue weighted by atomic mass is 35.5. The summed E-state index contributed by atoms with van der Waals surface area (Å²) >= 11 is 11.5. The Morgan fingerprint density at radius 2 is 1.88 bits per heavy atom. The van der Waals surface area contributed by atoms with Crippen molar-refractivity contribution in [1.29, 1.82) is 0 Å². The van der Waals surface area contributed by atoms with Crippen LogP contribution in [0.25, 0.3) is 5.69 Å². The van der Waals surface area contributed by atoms with Crippen molar-refractivity contribution in [3.63, 3.8) is 0 Å². The Bertz CT molecular complexity index is 882. The van der Waals surface area contributed by atoms with Crippen molar-refractivity contribution in [1.82, 2.24) is 19.8 Å². The van der Waals surface area contributed by atoms with Gasteiger partial charge in [-0.3, -0.25) is 4.79 Å². The molecular weight excluding hydrogens is 375 g/mol. The molecule has 0 aliphatic carbocycles. The number of benzene rings is 1. The van der Waals surface area contributed by atoms with Crippen molar-refractivity contribution in [3.05, 3.63) is 50.9 Å². The fourth-order valence-electron chi connectivity index (χ4n) is 1.78. The molecule has 0 amide bonds. The summed E-state index contributed by atoms with van der Waals surface area (Å²) in [5.41, 5.74) is -0.207. The maximum atomic E-state index is 12.2. The van der Waals surface area contributed by atoms with Crippen molar-refractivity contribution >= 4 is 33.2 Å². The minimum absolute atomic E-state index is 0.00182. The van der Waals surface area contributed by atoms with E-state index in [1.807, 2.05) is 6.92 Å². The Labute approximate surface area is 149 Å². The second-order valence-electron chi connectivity index (χ2n) is 5.06. The lowest BCUT2D eigenvalue weighted by Gasteiger charge is -2.12. The lowest BCUT2D eigenvalue weighted by atomic mass is 10.3. The van der Waals surface area contributed by atoms with E-state index in [4.69, 9.17) is 23.2 Å². The SMILES string of the molecule is CNC(C)CNS(=O)(=O)c1ccc(-n2ncc(Cl)c(Cl)c2=O)cc1. The van der Waals surface area contributed by atoms with Gasteiger partial charge < -0.3 is 5.32 Å². The molecule has 2 aromatic rings. The molecule has 0 bridgehead atoms. The fraction of sp³-hybridized carbons (Fsp3) is 0.286. The number of hydrogen-bond acceptors (Lipinski definition) is 5. The first-order chi connectivity index (χ1) is 11.3. The Hall–Kier alpha value is -1.45. The van der Waals surface area contributed by atoms with Crippen LogP contribution in [0.4, 0.5) is 0 Å². The molecular formula is C14H16Cl2N4O3S. The third-order valence-electron chi connectivity index (χ3n) is 3.34. The summed E-state index contributed by atoms with van der Waals surface area (Å²) in [5, 5.41) is 6.73. The van der Waals surface area contributed by atoms with Gasteiger partial charge in [-0.2, -0.15) is 9.78 Å². The van der Waals surface area contributed by atoms with E-state index in [0.717, 1.165) is 4.68 Å². The van der Waals surface area contributed by atoms with Gasteiger partial charge in [0.05, 0.1) is 21.8 Å². The zero-order valence-corrected chi connectivity index (χ0v) is 15.3. The van der Waals surface area contributed by atoms with E-state index < -0.39 is 15.6 Å². The Morgan fingerprint density at radius 1 is 1.25 bits per heavy atom. The maximum absolute atomic E-state index is 12.2. The summed E-state index contributed by atoms with van der Waals surface area (Å²) in [6.07, 6.45) is 1.25. The zero-order chi connectivity index (χ0) is 17.9. The molecule has 2 N–H and O–H groups in total. The lowest BCUT2D eigenvalue weighted by Crippen LogP contribution is -2.37. The van der Waals surface area contributed by atoms with Crippen LogP contribution in [0.1, 0.15) is 6.92 Å². The van der Waals surface area contributed by atoms with Crippen LogP contribution < -0.4 is 15.6 Å². The van der Waals surface area contributed by atoms with E-state index in [1.54, 1.807) is 7.05 Å². The van der Waals surface area contributed by atoms with Gasteiger partial charge in [0.15, 0.2) is 0 Å². The van der Waals surface area contributed by atoms with Gasteiger partial charge in [-0.05, 0) is 38.2 Å². The van der Waals surface area contributed by atoms with Gasteiger partial charge in [-0.15, -0.1) is 0 Å². The summed E-state index contributed by atoms with van der Waals surface area (Å²) in [7, 11) is -1.89. The molecule has 10 heteroatoms. The van der Waals surface area contributed by atoms with Crippen molar-refractivity contribution in [3.8, 4) is 5.69 Å². The smallest absolute Gasteiger partial charge is 0.291 e. The van der Waals surface area contributed by atoms with Gasteiger partial charge in [0.25, 0.3) is 5.56 Å². The minimum atomic E-state index is -3.63. The predicted octanol–water partition coefficient (Wildman–Crippen LogP) is 1.43. The van der Waals surface area contributed by atoms with Gasteiger partial charge in [-0.25, -0.2) is 13.1 Å². The molecule has 0 spiro atoms. The molecule has 24 heavy (non-hydrogen) atoms. The van der Waals surface area contributed by atoms with Crippen LogP contribution in [0, 0.1) is 0 Å². The van der Waals surface area contributed by atoms with Crippen molar-refractivity contribution in [2.75, 3.05) is 13.6 Å². The molecule has 7 nitrogen and oxygen atoms in total. The molecule has 0 fully saturated rings. The Morgan fingerprint density at radius 3 is 2.46 bits per heavy atom. The molecule has 130 valence electrons. The van der Waals surface area contributed by atoms with Crippen LogP contribution in [-0.2, 0) is 10.0 Å². The molecule has 0 aliphatic rings. The predicted molar refractivity (Wildman–Crippen MR) is 93.6 cm³/mol. The zero-order valence-electron chi connectivity index (χ0n) is 13.0. The van der Waals surface area contributed by atoms with E-state index in [1.165, 1.54) is 30.5 Å². The number of rotatable bonds is 6. The minimum Gasteiger partial charge on any atom is -0.316 e. The molecule has 0 aliphatic heterocycles. The highest BCUT2D eigenvalue weighted by Crippen LogP contribution is 2.17. The number of sulfonamides is 1. The van der Waals surface area contributed by atoms with E-state index in [2.05, 4.69) is 15.1 Å². The summed E-state index contributed by atoms with van der Waals surface area (Å²) in [5.74, 6) is 0. The van der Waals surface area contributed by atoms with E-state index in [0.29, 0.717) is 5.69 Å². The number of nitrogens with zero attached hydrogens (tertiary/aromatic N) is 2. The molecule has 0 radical (unpaired) electrons. The summed E-state index contributed by atoms with van der Waals surface area (Å²) in [4.78, 5) is 12.1. The number of aromatic nitrogens is 2. The molecule has 1 aromatic carbocycles. The fourth-order valence-corrected chi connectivity index (χ4v) is 3.17. The normalized spacial score (nSPS) is 13.0. The van der Waals surface area contributed by atoms with Crippen LogP contribution in [0.2, 0.25) is 10.0 Å². The second-order valence-corrected chi connectivity index (χ2v) is 7.61. The van der Waals surface area contributed by atoms with Crippen molar-refractivity contribution < 1.29 is 8.42 Å². The topological polar surface area (TPSA) is 93.1 Å². The number of nitrogens with one attached hydrogen (secondary N) is 2.